The number of carbonyl (C=O) groups is 1. The second-order valence-corrected chi connectivity index (χ2v) is 5.95. The average molecular weight is 338 g/mol. The lowest BCUT2D eigenvalue weighted by atomic mass is 9.96. The van der Waals surface area contributed by atoms with E-state index in [2.05, 4.69) is 0 Å². The third-order valence-electron chi connectivity index (χ3n) is 4.11. The molecular weight excluding hydrogens is 312 g/mol. The Morgan fingerprint density at radius 2 is 1.62 bits per heavy atom. The quantitative estimate of drug-likeness (QED) is 0.635. The minimum atomic E-state index is -0.784. The Bertz CT molecular complexity index is 487. The summed E-state index contributed by atoms with van der Waals surface area (Å²) >= 11 is 0. The molecule has 1 fully saturated rings. The Kier molecular flexibility index (Phi) is 7.49. The maximum Gasteiger partial charge on any atom is 0.338 e. The molecule has 1 aromatic carbocycles. The van der Waals surface area contributed by atoms with Gasteiger partial charge in [0.2, 0.25) is 0 Å². The zero-order chi connectivity index (χ0) is 17.4. The normalized spacial score (nSPS) is 21.8. The number of hydrogen-bond acceptors (Lipinski definition) is 6. The van der Waals surface area contributed by atoms with Crippen LogP contribution in [0.2, 0.25) is 0 Å². The van der Waals surface area contributed by atoms with Crippen molar-refractivity contribution in [3.05, 3.63) is 29.8 Å². The van der Waals surface area contributed by atoms with E-state index >= 15 is 0 Å². The molecule has 0 radical (unpaired) electrons. The zero-order valence-electron chi connectivity index (χ0n) is 14.3. The SMILES string of the molecule is COC(OC)Oc1ccc(C(=O)OC2CCCC(O)CCC2)cc1. The summed E-state index contributed by atoms with van der Waals surface area (Å²) in [5.74, 6) is 0.211. The highest BCUT2D eigenvalue weighted by Gasteiger charge is 2.19. The van der Waals surface area contributed by atoms with E-state index in [9.17, 15) is 9.90 Å². The second kappa shape index (κ2) is 9.61. The van der Waals surface area contributed by atoms with Crippen molar-refractivity contribution in [2.75, 3.05) is 14.2 Å². The standard InChI is InChI=1S/C18H26O6/c1-21-18(22-2)24-16-11-9-13(10-12-16)17(20)23-15-7-3-5-14(19)6-4-8-15/h9-12,14-15,18-19H,3-8H2,1-2H3. The molecule has 0 bridgehead atoms. The van der Waals surface area contributed by atoms with E-state index in [0.717, 1.165) is 38.5 Å². The highest BCUT2D eigenvalue weighted by molar-refractivity contribution is 5.89. The Morgan fingerprint density at radius 1 is 1.04 bits per heavy atom. The molecule has 1 aliphatic rings. The summed E-state index contributed by atoms with van der Waals surface area (Å²) < 4.78 is 20.9. The average Bonchev–Trinajstić information content (AvgIpc) is 2.58. The van der Waals surface area contributed by atoms with Crippen molar-refractivity contribution in [3.63, 3.8) is 0 Å². The van der Waals surface area contributed by atoms with Gasteiger partial charge in [0.05, 0.1) is 11.7 Å². The minimum Gasteiger partial charge on any atom is -0.459 e. The molecule has 0 aliphatic heterocycles. The number of benzene rings is 1. The van der Waals surface area contributed by atoms with Gasteiger partial charge in [0.1, 0.15) is 11.9 Å². The molecule has 1 aliphatic carbocycles. The molecule has 6 nitrogen and oxygen atoms in total. The van der Waals surface area contributed by atoms with Crippen LogP contribution in [0.5, 0.6) is 5.75 Å². The Balaban J connectivity index is 1.87. The summed E-state index contributed by atoms with van der Waals surface area (Å²) in [6.07, 6.45) is 4.62. The van der Waals surface area contributed by atoms with E-state index in [1.165, 1.54) is 14.2 Å². The molecule has 24 heavy (non-hydrogen) atoms. The van der Waals surface area contributed by atoms with Gasteiger partial charge >= 0.3 is 12.4 Å². The summed E-state index contributed by atoms with van der Waals surface area (Å²) in [5.41, 5.74) is 0.482. The number of hydrogen-bond donors (Lipinski definition) is 1. The number of ether oxygens (including phenoxy) is 4. The van der Waals surface area contributed by atoms with Gasteiger partial charge in [-0.05, 0) is 62.8 Å². The number of aliphatic hydroxyl groups is 1. The van der Waals surface area contributed by atoms with Gasteiger partial charge in [-0.2, -0.15) is 0 Å². The highest BCUT2D eigenvalue weighted by atomic mass is 16.8. The van der Waals surface area contributed by atoms with Gasteiger partial charge in [-0.25, -0.2) is 4.79 Å². The van der Waals surface area contributed by atoms with Gasteiger partial charge in [-0.1, -0.05) is 0 Å². The predicted molar refractivity (Wildman–Crippen MR) is 87.8 cm³/mol. The molecule has 0 heterocycles. The molecule has 2 rings (SSSR count). The third kappa shape index (κ3) is 5.78. The number of rotatable bonds is 6. The van der Waals surface area contributed by atoms with E-state index in [1.807, 2.05) is 0 Å². The zero-order valence-corrected chi connectivity index (χ0v) is 14.3. The molecule has 0 atom stereocenters. The fourth-order valence-electron chi connectivity index (χ4n) is 2.76. The second-order valence-electron chi connectivity index (χ2n) is 5.95. The van der Waals surface area contributed by atoms with Crippen LogP contribution < -0.4 is 4.74 Å². The van der Waals surface area contributed by atoms with Crippen LogP contribution in [-0.2, 0) is 14.2 Å². The van der Waals surface area contributed by atoms with Crippen LogP contribution in [0, 0.1) is 0 Å². The van der Waals surface area contributed by atoms with Crippen molar-refractivity contribution in [2.24, 2.45) is 0 Å². The molecule has 0 saturated heterocycles. The molecule has 0 amide bonds. The Labute approximate surface area is 142 Å². The van der Waals surface area contributed by atoms with Crippen molar-refractivity contribution in [3.8, 4) is 5.75 Å². The van der Waals surface area contributed by atoms with Crippen molar-refractivity contribution in [2.45, 2.75) is 57.2 Å². The Morgan fingerprint density at radius 3 is 2.17 bits per heavy atom. The number of methoxy groups -OCH3 is 2. The molecule has 1 N–H and O–H groups in total. The van der Waals surface area contributed by atoms with Crippen molar-refractivity contribution in [1.29, 1.82) is 0 Å². The van der Waals surface area contributed by atoms with E-state index in [0.29, 0.717) is 11.3 Å². The van der Waals surface area contributed by atoms with Crippen LogP contribution in [-0.4, -0.2) is 44.0 Å². The van der Waals surface area contributed by atoms with Crippen LogP contribution in [0.25, 0.3) is 0 Å². The third-order valence-corrected chi connectivity index (χ3v) is 4.11. The van der Waals surface area contributed by atoms with E-state index in [4.69, 9.17) is 18.9 Å². The first-order valence-electron chi connectivity index (χ1n) is 8.33. The fourth-order valence-corrected chi connectivity index (χ4v) is 2.76. The lowest BCUT2D eigenvalue weighted by Gasteiger charge is -2.22. The monoisotopic (exact) mass is 338 g/mol. The van der Waals surface area contributed by atoms with Gasteiger partial charge in [0.25, 0.3) is 0 Å². The molecule has 1 aromatic rings. The number of esters is 1. The molecule has 6 heteroatoms. The number of carbonyl (C=O) groups excluding carboxylic acids is 1. The molecule has 0 aromatic heterocycles. The lowest BCUT2D eigenvalue weighted by Crippen LogP contribution is -2.22. The van der Waals surface area contributed by atoms with Crippen LogP contribution in [0.1, 0.15) is 48.9 Å². The van der Waals surface area contributed by atoms with Crippen LogP contribution in [0.15, 0.2) is 24.3 Å². The smallest absolute Gasteiger partial charge is 0.338 e. The topological polar surface area (TPSA) is 74.2 Å². The first-order chi connectivity index (χ1) is 11.6. The molecule has 0 spiro atoms. The van der Waals surface area contributed by atoms with Gasteiger partial charge in [-0.15, -0.1) is 0 Å². The summed E-state index contributed by atoms with van der Waals surface area (Å²) in [7, 11) is 2.96. The summed E-state index contributed by atoms with van der Waals surface area (Å²) in [6, 6.07) is 6.67. The van der Waals surface area contributed by atoms with Crippen molar-refractivity contribution >= 4 is 5.97 Å². The van der Waals surface area contributed by atoms with Crippen LogP contribution in [0.3, 0.4) is 0 Å². The lowest BCUT2D eigenvalue weighted by molar-refractivity contribution is -0.219. The van der Waals surface area contributed by atoms with E-state index < -0.39 is 6.48 Å². The highest BCUT2D eigenvalue weighted by Crippen LogP contribution is 2.22. The molecular formula is C18H26O6. The molecule has 134 valence electrons. The number of aliphatic hydroxyl groups excluding tert-OH is 1. The van der Waals surface area contributed by atoms with Gasteiger partial charge in [0.15, 0.2) is 0 Å². The maximum atomic E-state index is 12.3. The predicted octanol–water partition coefficient (Wildman–Crippen LogP) is 2.88. The first kappa shape index (κ1) is 18.7. The largest absolute Gasteiger partial charge is 0.459 e. The van der Waals surface area contributed by atoms with Gasteiger partial charge in [0, 0.05) is 14.2 Å². The van der Waals surface area contributed by atoms with Crippen molar-refractivity contribution in [1.82, 2.24) is 0 Å². The summed E-state index contributed by atoms with van der Waals surface area (Å²) in [6.45, 7) is -0.784. The van der Waals surface area contributed by atoms with E-state index in [-0.39, 0.29) is 18.2 Å². The van der Waals surface area contributed by atoms with Gasteiger partial charge in [-0.3, -0.25) is 0 Å². The fraction of sp³-hybridized carbons (Fsp3) is 0.611. The van der Waals surface area contributed by atoms with Gasteiger partial charge < -0.3 is 24.1 Å². The van der Waals surface area contributed by atoms with E-state index in [1.54, 1.807) is 24.3 Å². The summed E-state index contributed by atoms with van der Waals surface area (Å²) in [4.78, 5) is 12.3. The van der Waals surface area contributed by atoms with Crippen LogP contribution in [0.4, 0.5) is 0 Å². The summed E-state index contributed by atoms with van der Waals surface area (Å²) in [5, 5.41) is 9.65. The molecule has 0 unspecified atom stereocenters. The van der Waals surface area contributed by atoms with Crippen LogP contribution >= 0.6 is 0 Å². The maximum absolute atomic E-state index is 12.3. The Hall–Kier alpha value is -1.63. The van der Waals surface area contributed by atoms with Crippen molar-refractivity contribution < 1.29 is 28.8 Å². The minimum absolute atomic E-state index is 0.0766. The molecule has 1 saturated carbocycles. The first-order valence-corrected chi connectivity index (χ1v) is 8.33.